The first-order valence-electron chi connectivity index (χ1n) is 5.95. The molecule has 1 N–H and O–H groups in total. The van der Waals surface area contributed by atoms with Crippen LogP contribution >= 0.6 is 11.3 Å². The van der Waals surface area contributed by atoms with Crippen molar-refractivity contribution in [3.8, 4) is 0 Å². The van der Waals surface area contributed by atoms with Crippen molar-refractivity contribution in [3.63, 3.8) is 0 Å². The zero-order chi connectivity index (χ0) is 14.0. The van der Waals surface area contributed by atoms with Gasteiger partial charge in [-0.25, -0.2) is 4.98 Å². The van der Waals surface area contributed by atoms with Gasteiger partial charge in [0.1, 0.15) is 6.42 Å². The van der Waals surface area contributed by atoms with Gasteiger partial charge in [-0.05, 0) is 6.54 Å². The predicted octanol–water partition coefficient (Wildman–Crippen LogP) is 2.41. The SMILES string of the molecule is CCN1CCc2nc(NC(=O)CC(F)(F)F)sc2C1. The van der Waals surface area contributed by atoms with Crippen LogP contribution in [0.15, 0.2) is 0 Å². The standard InChI is InChI=1S/C11H14F3N3OS/c1-2-17-4-3-7-8(6-17)19-10(15-7)16-9(18)5-11(12,13)14/h2-6H2,1H3,(H,15,16,18). The number of fused-ring (bicyclic) bond motifs is 1. The molecule has 2 rings (SSSR count). The van der Waals surface area contributed by atoms with Gasteiger partial charge in [-0.3, -0.25) is 9.69 Å². The van der Waals surface area contributed by atoms with E-state index in [1.807, 2.05) is 0 Å². The molecule has 0 saturated heterocycles. The smallest absolute Gasteiger partial charge is 0.302 e. The van der Waals surface area contributed by atoms with E-state index in [9.17, 15) is 18.0 Å². The molecule has 0 fully saturated rings. The number of thiazole rings is 1. The van der Waals surface area contributed by atoms with Crippen LogP contribution in [0.5, 0.6) is 0 Å². The summed E-state index contributed by atoms with van der Waals surface area (Å²) in [5.74, 6) is -1.06. The third-order valence-corrected chi connectivity index (χ3v) is 3.86. The van der Waals surface area contributed by atoms with Crippen LogP contribution in [0, 0.1) is 0 Å². The van der Waals surface area contributed by atoms with Crippen molar-refractivity contribution >= 4 is 22.4 Å². The van der Waals surface area contributed by atoms with Crippen LogP contribution in [0.2, 0.25) is 0 Å². The molecule has 19 heavy (non-hydrogen) atoms. The molecule has 2 heterocycles. The highest BCUT2D eigenvalue weighted by molar-refractivity contribution is 7.15. The summed E-state index contributed by atoms with van der Waals surface area (Å²) in [5, 5.41) is 2.48. The summed E-state index contributed by atoms with van der Waals surface area (Å²) < 4.78 is 36.1. The highest BCUT2D eigenvalue weighted by Crippen LogP contribution is 2.29. The molecule has 1 aromatic heterocycles. The molecule has 1 aliphatic rings. The largest absolute Gasteiger partial charge is 0.397 e. The van der Waals surface area contributed by atoms with E-state index in [2.05, 4.69) is 22.1 Å². The van der Waals surface area contributed by atoms with Crippen LogP contribution in [-0.4, -0.2) is 35.1 Å². The van der Waals surface area contributed by atoms with Crippen molar-refractivity contribution in [2.24, 2.45) is 0 Å². The van der Waals surface area contributed by atoms with Gasteiger partial charge in [0, 0.05) is 24.4 Å². The van der Waals surface area contributed by atoms with Crippen molar-refractivity contribution in [2.75, 3.05) is 18.4 Å². The Balaban J connectivity index is 2.00. The monoisotopic (exact) mass is 293 g/mol. The van der Waals surface area contributed by atoms with E-state index >= 15 is 0 Å². The molecule has 8 heteroatoms. The summed E-state index contributed by atoms with van der Waals surface area (Å²) in [5.41, 5.74) is 0.886. The first-order valence-corrected chi connectivity index (χ1v) is 6.76. The number of aromatic nitrogens is 1. The van der Waals surface area contributed by atoms with Gasteiger partial charge in [-0.2, -0.15) is 13.2 Å². The lowest BCUT2D eigenvalue weighted by atomic mass is 10.2. The Morgan fingerprint density at radius 1 is 1.53 bits per heavy atom. The minimum absolute atomic E-state index is 0.261. The third kappa shape index (κ3) is 3.90. The van der Waals surface area contributed by atoms with Crippen LogP contribution in [0.25, 0.3) is 0 Å². The molecule has 0 spiro atoms. The molecule has 0 unspecified atom stereocenters. The Kier molecular flexibility index (Phi) is 4.10. The topological polar surface area (TPSA) is 45.2 Å². The molecule has 1 amide bonds. The van der Waals surface area contributed by atoms with Gasteiger partial charge >= 0.3 is 6.18 Å². The number of alkyl halides is 3. The maximum absolute atomic E-state index is 12.0. The fourth-order valence-corrected chi connectivity index (χ4v) is 2.98. The maximum atomic E-state index is 12.0. The van der Waals surface area contributed by atoms with Crippen molar-refractivity contribution in [1.82, 2.24) is 9.88 Å². The molecular weight excluding hydrogens is 279 g/mol. The van der Waals surface area contributed by atoms with Gasteiger partial charge in [-0.15, -0.1) is 11.3 Å². The molecule has 0 radical (unpaired) electrons. The number of hydrogen-bond acceptors (Lipinski definition) is 4. The molecule has 0 aromatic carbocycles. The number of carbonyl (C=O) groups excluding carboxylic acids is 1. The van der Waals surface area contributed by atoms with Crippen molar-refractivity contribution in [3.05, 3.63) is 10.6 Å². The Morgan fingerprint density at radius 3 is 2.89 bits per heavy atom. The molecule has 0 bridgehead atoms. The number of hydrogen-bond donors (Lipinski definition) is 1. The van der Waals surface area contributed by atoms with E-state index in [1.54, 1.807) is 0 Å². The van der Waals surface area contributed by atoms with Crippen LogP contribution < -0.4 is 5.32 Å². The van der Waals surface area contributed by atoms with Crippen LogP contribution in [0.4, 0.5) is 18.3 Å². The average Bonchev–Trinajstić information content (AvgIpc) is 2.66. The Labute approximate surface area is 112 Å². The minimum atomic E-state index is -4.49. The first kappa shape index (κ1) is 14.3. The normalized spacial score (nSPS) is 16.2. The lowest BCUT2D eigenvalue weighted by Gasteiger charge is -2.23. The van der Waals surface area contributed by atoms with E-state index < -0.39 is 18.5 Å². The van der Waals surface area contributed by atoms with Gasteiger partial charge < -0.3 is 5.32 Å². The Bertz CT molecular complexity index is 472. The van der Waals surface area contributed by atoms with Crippen LogP contribution in [0.3, 0.4) is 0 Å². The number of anilines is 1. The highest BCUT2D eigenvalue weighted by atomic mass is 32.1. The number of likely N-dealkylation sites (N-methyl/N-ethyl adjacent to an activating group) is 1. The average molecular weight is 293 g/mol. The second kappa shape index (κ2) is 5.46. The number of carbonyl (C=O) groups is 1. The van der Waals surface area contributed by atoms with E-state index in [0.29, 0.717) is 0 Å². The molecule has 1 aromatic rings. The number of rotatable bonds is 3. The van der Waals surface area contributed by atoms with E-state index in [-0.39, 0.29) is 5.13 Å². The van der Waals surface area contributed by atoms with Gasteiger partial charge in [0.25, 0.3) is 0 Å². The summed E-state index contributed by atoms with van der Waals surface area (Å²) in [6.45, 7) is 4.62. The second-order valence-electron chi connectivity index (χ2n) is 4.35. The van der Waals surface area contributed by atoms with Crippen molar-refractivity contribution < 1.29 is 18.0 Å². The summed E-state index contributed by atoms with van der Waals surface area (Å²) >= 11 is 1.26. The first-order chi connectivity index (χ1) is 8.87. The lowest BCUT2D eigenvalue weighted by molar-refractivity contribution is -0.150. The van der Waals surface area contributed by atoms with Gasteiger partial charge in [-0.1, -0.05) is 6.92 Å². The molecule has 0 aliphatic carbocycles. The van der Waals surface area contributed by atoms with E-state index in [0.717, 1.165) is 36.6 Å². The van der Waals surface area contributed by atoms with Gasteiger partial charge in [0.15, 0.2) is 5.13 Å². The highest BCUT2D eigenvalue weighted by Gasteiger charge is 2.31. The molecule has 0 atom stereocenters. The summed E-state index contributed by atoms with van der Waals surface area (Å²) in [7, 11) is 0. The molecule has 1 aliphatic heterocycles. The van der Waals surface area contributed by atoms with Gasteiger partial charge in [0.05, 0.1) is 5.69 Å². The molecule has 0 saturated carbocycles. The van der Waals surface area contributed by atoms with E-state index in [4.69, 9.17) is 0 Å². The lowest BCUT2D eigenvalue weighted by Crippen LogP contribution is -2.29. The summed E-state index contributed by atoms with van der Waals surface area (Å²) in [6.07, 6.45) is -5.19. The number of nitrogens with zero attached hydrogens (tertiary/aromatic N) is 2. The van der Waals surface area contributed by atoms with Crippen LogP contribution in [0.1, 0.15) is 23.9 Å². The maximum Gasteiger partial charge on any atom is 0.397 e. The second-order valence-corrected chi connectivity index (χ2v) is 5.43. The van der Waals surface area contributed by atoms with Crippen LogP contribution in [-0.2, 0) is 17.8 Å². The van der Waals surface area contributed by atoms with Crippen molar-refractivity contribution in [2.45, 2.75) is 32.5 Å². The minimum Gasteiger partial charge on any atom is -0.302 e. The molecule has 106 valence electrons. The van der Waals surface area contributed by atoms with E-state index in [1.165, 1.54) is 11.3 Å². The quantitative estimate of drug-likeness (QED) is 0.931. The third-order valence-electron chi connectivity index (χ3n) is 2.86. The zero-order valence-electron chi connectivity index (χ0n) is 10.4. The number of halogens is 3. The Hall–Kier alpha value is -1.15. The fraction of sp³-hybridized carbons (Fsp3) is 0.636. The Morgan fingerprint density at radius 2 is 2.26 bits per heavy atom. The van der Waals surface area contributed by atoms with Crippen molar-refractivity contribution in [1.29, 1.82) is 0 Å². The molecule has 4 nitrogen and oxygen atoms in total. The summed E-state index contributed by atoms with van der Waals surface area (Å²) in [4.78, 5) is 18.6. The number of nitrogens with one attached hydrogen (secondary N) is 1. The van der Waals surface area contributed by atoms with Gasteiger partial charge in [0.2, 0.25) is 5.91 Å². The fourth-order valence-electron chi connectivity index (χ4n) is 1.92. The predicted molar refractivity (Wildman–Crippen MR) is 66.1 cm³/mol. The zero-order valence-corrected chi connectivity index (χ0v) is 11.2. The molecular formula is C11H14F3N3OS. The summed E-state index contributed by atoms with van der Waals surface area (Å²) in [6, 6.07) is 0. The number of amides is 1.